The third kappa shape index (κ3) is 3.27. The van der Waals surface area contributed by atoms with Gasteiger partial charge < -0.3 is 10.4 Å². The van der Waals surface area contributed by atoms with Crippen LogP contribution in [0.1, 0.15) is 25.7 Å². The van der Waals surface area contributed by atoms with Crippen LogP contribution in [0.3, 0.4) is 0 Å². The van der Waals surface area contributed by atoms with Gasteiger partial charge in [-0.05, 0) is 25.7 Å². The van der Waals surface area contributed by atoms with Gasteiger partial charge >= 0.3 is 18.0 Å². The average molecular weight is 261 g/mol. The van der Waals surface area contributed by atoms with E-state index in [1.54, 1.807) is 5.32 Å². The second-order valence-electron chi connectivity index (χ2n) is 4.05. The summed E-state index contributed by atoms with van der Waals surface area (Å²) >= 11 is 0. The van der Waals surface area contributed by atoms with Gasteiger partial charge in [-0.3, -0.25) is 4.79 Å². The molecule has 0 bridgehead atoms. The fourth-order valence-electron chi connectivity index (χ4n) is 1.62. The van der Waals surface area contributed by atoms with Crippen LogP contribution in [0.15, 0.2) is 0 Å². The van der Waals surface area contributed by atoms with Crippen molar-refractivity contribution in [3.05, 3.63) is 0 Å². The quantitative estimate of drug-likeness (QED) is 0.742. The van der Waals surface area contributed by atoms with E-state index >= 15 is 0 Å². The lowest BCUT2D eigenvalue weighted by Gasteiger charge is -2.28. The largest absolute Gasteiger partial charge is 0.463 e. The summed E-state index contributed by atoms with van der Waals surface area (Å²) in [5.41, 5.74) is 0. The van der Waals surface area contributed by atoms with Gasteiger partial charge in [-0.1, -0.05) is 0 Å². The maximum absolute atomic E-state index is 12.6. The molecule has 1 rings (SSSR count). The number of amides is 1. The van der Waals surface area contributed by atoms with Crippen LogP contribution >= 0.6 is 0 Å². The van der Waals surface area contributed by atoms with Crippen molar-refractivity contribution in [1.82, 2.24) is 5.32 Å². The molecule has 0 radical (unpaired) electrons. The van der Waals surface area contributed by atoms with E-state index in [1.165, 1.54) is 0 Å². The molecule has 3 nitrogen and oxygen atoms in total. The molecule has 1 amide bonds. The van der Waals surface area contributed by atoms with Gasteiger partial charge in [0.25, 0.3) is 0 Å². The van der Waals surface area contributed by atoms with Crippen molar-refractivity contribution in [2.24, 2.45) is 0 Å². The Morgan fingerprint density at radius 3 is 1.94 bits per heavy atom. The highest BCUT2D eigenvalue weighted by molar-refractivity contribution is 5.84. The Balaban J connectivity index is 2.55. The maximum Gasteiger partial charge on any atom is 0.463 e. The topological polar surface area (TPSA) is 49.3 Å². The number of aliphatic hydroxyl groups excluding tert-OH is 1. The van der Waals surface area contributed by atoms with Crippen molar-refractivity contribution in [3.8, 4) is 0 Å². The number of hydrogen-bond acceptors (Lipinski definition) is 2. The number of carbonyl (C=O) groups excluding carboxylic acids is 1. The molecule has 17 heavy (non-hydrogen) atoms. The number of hydrogen-bond donors (Lipinski definition) is 2. The Morgan fingerprint density at radius 1 is 1.06 bits per heavy atom. The van der Waals surface area contributed by atoms with Crippen molar-refractivity contribution in [2.75, 3.05) is 0 Å². The lowest BCUT2D eigenvalue weighted by molar-refractivity contribution is -0.270. The molecule has 1 aliphatic rings. The van der Waals surface area contributed by atoms with Crippen LogP contribution < -0.4 is 5.32 Å². The third-order valence-electron chi connectivity index (χ3n) is 2.67. The van der Waals surface area contributed by atoms with E-state index in [0.717, 1.165) is 0 Å². The number of carbonyl (C=O) groups is 1. The van der Waals surface area contributed by atoms with Gasteiger partial charge in [-0.2, -0.15) is 22.0 Å². The molecule has 0 saturated heterocycles. The highest BCUT2D eigenvalue weighted by Gasteiger charge is 2.63. The van der Waals surface area contributed by atoms with E-state index in [2.05, 4.69) is 0 Å². The third-order valence-corrected chi connectivity index (χ3v) is 2.67. The van der Waals surface area contributed by atoms with Crippen LogP contribution in [0.5, 0.6) is 0 Å². The van der Waals surface area contributed by atoms with Crippen LogP contribution in [0.25, 0.3) is 0 Å². The first-order chi connectivity index (χ1) is 7.64. The molecule has 0 aliphatic heterocycles. The molecule has 2 N–H and O–H groups in total. The summed E-state index contributed by atoms with van der Waals surface area (Å²) in [6.45, 7) is 0. The Bertz CT molecular complexity index is 284. The summed E-state index contributed by atoms with van der Waals surface area (Å²) in [5.74, 6) is -7.70. The van der Waals surface area contributed by atoms with E-state index in [1.807, 2.05) is 0 Å². The fraction of sp³-hybridized carbons (Fsp3) is 0.889. The second kappa shape index (κ2) is 4.75. The van der Waals surface area contributed by atoms with Crippen molar-refractivity contribution in [3.63, 3.8) is 0 Å². The van der Waals surface area contributed by atoms with Crippen molar-refractivity contribution in [2.45, 2.75) is 49.9 Å². The number of halogens is 5. The fourth-order valence-corrected chi connectivity index (χ4v) is 1.62. The smallest absolute Gasteiger partial charge is 0.393 e. The van der Waals surface area contributed by atoms with Crippen LogP contribution in [0, 0.1) is 0 Å². The maximum atomic E-state index is 12.6. The molecule has 0 unspecified atom stereocenters. The SMILES string of the molecule is O=C(NC1CCC(O)CC1)C(F)(F)C(F)(F)F. The Kier molecular flexibility index (Phi) is 3.95. The number of rotatable bonds is 2. The van der Waals surface area contributed by atoms with Crippen molar-refractivity contribution < 1.29 is 31.9 Å². The molecule has 100 valence electrons. The lowest BCUT2D eigenvalue weighted by Crippen LogP contribution is -2.53. The lowest BCUT2D eigenvalue weighted by atomic mass is 9.93. The summed E-state index contributed by atoms with van der Waals surface area (Å²) in [6.07, 6.45) is -5.51. The Morgan fingerprint density at radius 2 is 1.53 bits per heavy atom. The van der Waals surface area contributed by atoms with Gasteiger partial charge in [0.1, 0.15) is 0 Å². The Hall–Kier alpha value is -0.920. The van der Waals surface area contributed by atoms with E-state index in [4.69, 9.17) is 5.11 Å². The minimum Gasteiger partial charge on any atom is -0.393 e. The zero-order chi connectivity index (χ0) is 13.3. The van der Waals surface area contributed by atoms with Crippen LogP contribution in [-0.4, -0.2) is 35.3 Å². The van der Waals surface area contributed by atoms with Crippen LogP contribution in [-0.2, 0) is 4.79 Å². The highest BCUT2D eigenvalue weighted by Crippen LogP contribution is 2.35. The van der Waals surface area contributed by atoms with Crippen molar-refractivity contribution in [1.29, 1.82) is 0 Å². The predicted octanol–water partition coefficient (Wildman–Crippen LogP) is 1.60. The first kappa shape index (κ1) is 14.1. The molecule has 1 aliphatic carbocycles. The van der Waals surface area contributed by atoms with Gasteiger partial charge in [0.2, 0.25) is 0 Å². The van der Waals surface area contributed by atoms with Gasteiger partial charge in [-0.25, -0.2) is 0 Å². The summed E-state index contributed by atoms with van der Waals surface area (Å²) in [6, 6.07) is -0.737. The minimum atomic E-state index is -5.88. The molecule has 0 heterocycles. The highest BCUT2D eigenvalue weighted by atomic mass is 19.4. The van der Waals surface area contributed by atoms with Crippen LogP contribution in [0.4, 0.5) is 22.0 Å². The summed E-state index contributed by atoms with van der Waals surface area (Å²) < 4.78 is 60.7. The first-order valence-electron chi connectivity index (χ1n) is 5.08. The molecular formula is C9H12F5NO2. The molecule has 1 saturated carbocycles. The minimum absolute atomic E-state index is 0.195. The molecule has 1 fully saturated rings. The zero-order valence-electron chi connectivity index (χ0n) is 8.73. The predicted molar refractivity (Wildman–Crippen MR) is 47.4 cm³/mol. The number of aliphatic hydroxyl groups is 1. The standard InChI is InChI=1S/C9H12F5NO2/c10-8(11,9(12,13)14)7(17)15-5-1-3-6(16)4-2-5/h5-6,16H,1-4H2,(H,15,17). The zero-order valence-corrected chi connectivity index (χ0v) is 8.73. The average Bonchev–Trinajstić information content (AvgIpc) is 2.19. The van der Waals surface area contributed by atoms with Crippen LogP contribution in [0.2, 0.25) is 0 Å². The summed E-state index contributed by atoms with van der Waals surface area (Å²) in [5, 5.41) is 10.8. The number of alkyl halides is 5. The van der Waals surface area contributed by atoms with E-state index < -0.39 is 30.2 Å². The molecule has 0 aromatic rings. The molecule has 0 aromatic carbocycles. The number of nitrogens with one attached hydrogen (secondary N) is 1. The van der Waals surface area contributed by atoms with Gasteiger partial charge in [0.15, 0.2) is 0 Å². The molecule has 0 spiro atoms. The summed E-state index contributed by atoms with van der Waals surface area (Å²) in [7, 11) is 0. The van der Waals surface area contributed by atoms with Crippen molar-refractivity contribution >= 4 is 5.91 Å². The molecule has 8 heteroatoms. The van der Waals surface area contributed by atoms with E-state index in [0.29, 0.717) is 0 Å². The van der Waals surface area contributed by atoms with Gasteiger partial charge in [0.05, 0.1) is 6.10 Å². The van der Waals surface area contributed by atoms with Gasteiger partial charge in [0, 0.05) is 6.04 Å². The monoisotopic (exact) mass is 261 g/mol. The van der Waals surface area contributed by atoms with E-state index in [9.17, 15) is 26.7 Å². The van der Waals surface area contributed by atoms with Gasteiger partial charge in [-0.15, -0.1) is 0 Å². The second-order valence-corrected chi connectivity index (χ2v) is 4.05. The molecule has 0 aromatic heterocycles. The first-order valence-corrected chi connectivity index (χ1v) is 5.08. The molecular weight excluding hydrogens is 249 g/mol. The molecule has 0 atom stereocenters. The summed E-state index contributed by atoms with van der Waals surface area (Å²) in [4.78, 5) is 10.8. The van der Waals surface area contributed by atoms with E-state index in [-0.39, 0.29) is 25.7 Å². The Labute approximate surface area is 94.0 Å². The normalized spacial score (nSPS) is 26.7.